The molecule has 1 aromatic rings. The van der Waals surface area contributed by atoms with Gasteiger partial charge in [-0.05, 0) is 47.9 Å². The minimum Gasteiger partial charge on any atom is -0.392 e. The summed E-state index contributed by atoms with van der Waals surface area (Å²) in [4.78, 5) is 2.23. The van der Waals surface area contributed by atoms with Crippen molar-refractivity contribution < 1.29 is 9.50 Å². The lowest BCUT2D eigenvalue weighted by molar-refractivity contribution is 0.199. The Morgan fingerprint density at radius 3 is 2.37 bits per heavy atom. The predicted molar refractivity (Wildman–Crippen MR) is 76.7 cm³/mol. The van der Waals surface area contributed by atoms with Gasteiger partial charge in [0.2, 0.25) is 0 Å². The third kappa shape index (κ3) is 3.47. The Morgan fingerprint density at radius 1 is 1.21 bits per heavy atom. The van der Waals surface area contributed by atoms with E-state index in [1.165, 1.54) is 6.07 Å². The second-order valence-electron chi connectivity index (χ2n) is 6.60. The Bertz CT molecular complexity index is 431. The van der Waals surface area contributed by atoms with Gasteiger partial charge >= 0.3 is 0 Å². The quantitative estimate of drug-likeness (QED) is 0.883. The van der Waals surface area contributed by atoms with Crippen LogP contribution in [0, 0.1) is 17.2 Å². The van der Waals surface area contributed by atoms with Crippen LogP contribution in [-0.2, 0) is 6.61 Å². The molecular weight excluding hydrogens is 241 g/mol. The van der Waals surface area contributed by atoms with E-state index in [9.17, 15) is 4.39 Å². The van der Waals surface area contributed by atoms with Crippen LogP contribution >= 0.6 is 0 Å². The van der Waals surface area contributed by atoms with Crippen molar-refractivity contribution in [1.82, 2.24) is 0 Å². The molecule has 106 valence electrons. The van der Waals surface area contributed by atoms with E-state index in [0.29, 0.717) is 11.0 Å². The molecule has 1 saturated heterocycles. The number of halogens is 1. The number of rotatable bonds is 2. The van der Waals surface area contributed by atoms with Gasteiger partial charge in [-0.15, -0.1) is 0 Å². The van der Waals surface area contributed by atoms with Crippen LogP contribution in [0.2, 0.25) is 0 Å². The highest BCUT2D eigenvalue weighted by molar-refractivity contribution is 5.49. The first-order chi connectivity index (χ1) is 8.90. The van der Waals surface area contributed by atoms with Crippen LogP contribution in [0.1, 0.15) is 39.2 Å². The molecule has 0 aliphatic carbocycles. The fraction of sp³-hybridized carbons (Fsp3) is 0.625. The number of hydrogen-bond acceptors (Lipinski definition) is 2. The summed E-state index contributed by atoms with van der Waals surface area (Å²) in [5, 5.41) is 9.15. The first-order valence-electron chi connectivity index (χ1n) is 7.05. The van der Waals surface area contributed by atoms with Gasteiger partial charge in [0.05, 0.1) is 6.61 Å². The molecule has 0 atom stereocenters. The van der Waals surface area contributed by atoms with Crippen LogP contribution < -0.4 is 4.90 Å². The summed E-state index contributed by atoms with van der Waals surface area (Å²) >= 11 is 0. The molecule has 0 bridgehead atoms. The maximum atomic E-state index is 13.5. The highest BCUT2D eigenvalue weighted by Crippen LogP contribution is 2.35. The van der Waals surface area contributed by atoms with Crippen LogP contribution in [0.3, 0.4) is 0 Å². The Balaban J connectivity index is 2.07. The molecule has 1 aliphatic heterocycles. The molecule has 3 heteroatoms. The molecule has 2 rings (SSSR count). The molecule has 1 aliphatic rings. The lowest BCUT2D eigenvalue weighted by atomic mass is 9.75. The molecule has 1 fully saturated rings. The van der Waals surface area contributed by atoms with Crippen molar-refractivity contribution in [3.05, 3.63) is 29.6 Å². The van der Waals surface area contributed by atoms with Crippen LogP contribution in [0.5, 0.6) is 0 Å². The third-order valence-corrected chi connectivity index (χ3v) is 4.21. The zero-order valence-corrected chi connectivity index (χ0v) is 12.1. The number of piperidine rings is 1. The van der Waals surface area contributed by atoms with E-state index < -0.39 is 0 Å². The summed E-state index contributed by atoms with van der Waals surface area (Å²) in [5.74, 6) is 0.467. The maximum absolute atomic E-state index is 13.5. The lowest BCUT2D eigenvalue weighted by Gasteiger charge is -2.39. The number of anilines is 1. The first kappa shape index (κ1) is 14.3. The number of benzene rings is 1. The van der Waals surface area contributed by atoms with E-state index in [2.05, 4.69) is 25.7 Å². The van der Waals surface area contributed by atoms with E-state index in [-0.39, 0.29) is 12.4 Å². The fourth-order valence-corrected chi connectivity index (χ4v) is 2.91. The minimum atomic E-state index is -0.264. The lowest BCUT2D eigenvalue weighted by Crippen LogP contribution is -2.38. The van der Waals surface area contributed by atoms with Crippen molar-refractivity contribution in [2.75, 3.05) is 18.0 Å². The van der Waals surface area contributed by atoms with Gasteiger partial charge < -0.3 is 10.0 Å². The second-order valence-corrected chi connectivity index (χ2v) is 6.60. The molecule has 0 amide bonds. The van der Waals surface area contributed by atoms with Crippen LogP contribution in [-0.4, -0.2) is 18.2 Å². The molecule has 0 radical (unpaired) electrons. The molecule has 1 N–H and O–H groups in total. The number of aliphatic hydroxyl groups excluding tert-OH is 1. The molecule has 19 heavy (non-hydrogen) atoms. The average molecular weight is 265 g/mol. The second kappa shape index (κ2) is 5.49. The monoisotopic (exact) mass is 265 g/mol. The van der Waals surface area contributed by atoms with E-state index in [1.54, 1.807) is 6.07 Å². The standard InChI is InChI=1S/C16H24FNO/c1-16(2,3)13-4-6-18(7-5-13)15-9-12(11-19)8-14(17)10-15/h8-10,13,19H,4-7,11H2,1-3H3. The highest BCUT2D eigenvalue weighted by Gasteiger charge is 2.28. The Morgan fingerprint density at radius 2 is 1.84 bits per heavy atom. The summed E-state index contributed by atoms with van der Waals surface area (Å²) in [5.41, 5.74) is 1.90. The number of hydrogen-bond donors (Lipinski definition) is 1. The van der Waals surface area contributed by atoms with Crippen molar-refractivity contribution in [3.63, 3.8) is 0 Å². The van der Waals surface area contributed by atoms with Gasteiger partial charge in [-0.25, -0.2) is 4.39 Å². The SMILES string of the molecule is CC(C)(C)C1CCN(c2cc(F)cc(CO)c2)CC1. The summed E-state index contributed by atoms with van der Waals surface area (Å²) in [6.07, 6.45) is 2.29. The van der Waals surface area contributed by atoms with Gasteiger partial charge in [-0.3, -0.25) is 0 Å². The molecule has 0 unspecified atom stereocenters. The van der Waals surface area contributed by atoms with Gasteiger partial charge in [0.1, 0.15) is 5.82 Å². The van der Waals surface area contributed by atoms with E-state index in [0.717, 1.165) is 37.5 Å². The molecular formula is C16H24FNO. The van der Waals surface area contributed by atoms with Crippen molar-refractivity contribution in [3.8, 4) is 0 Å². The predicted octanol–water partition coefficient (Wildman–Crippen LogP) is 3.58. The zero-order chi connectivity index (χ0) is 14.0. The Kier molecular flexibility index (Phi) is 4.14. The third-order valence-electron chi connectivity index (χ3n) is 4.21. The van der Waals surface area contributed by atoms with Crippen molar-refractivity contribution >= 4 is 5.69 Å². The van der Waals surface area contributed by atoms with E-state index >= 15 is 0 Å². The Hall–Kier alpha value is -1.09. The summed E-state index contributed by atoms with van der Waals surface area (Å²) in [6, 6.07) is 4.85. The zero-order valence-electron chi connectivity index (χ0n) is 12.1. The normalized spacial score (nSPS) is 17.8. The molecule has 1 heterocycles. The summed E-state index contributed by atoms with van der Waals surface area (Å²) in [6.45, 7) is 8.70. The van der Waals surface area contributed by atoms with E-state index in [1.807, 2.05) is 6.07 Å². The van der Waals surface area contributed by atoms with Gasteiger partial charge in [-0.1, -0.05) is 20.8 Å². The molecule has 0 aromatic heterocycles. The maximum Gasteiger partial charge on any atom is 0.125 e. The van der Waals surface area contributed by atoms with E-state index in [4.69, 9.17) is 5.11 Å². The average Bonchev–Trinajstić information content (AvgIpc) is 2.37. The molecule has 0 saturated carbocycles. The van der Waals surface area contributed by atoms with Crippen LogP contribution in [0.4, 0.5) is 10.1 Å². The van der Waals surface area contributed by atoms with Gasteiger partial charge in [0.25, 0.3) is 0 Å². The molecule has 2 nitrogen and oxygen atoms in total. The van der Waals surface area contributed by atoms with Crippen molar-refractivity contribution in [2.45, 2.75) is 40.2 Å². The van der Waals surface area contributed by atoms with Gasteiger partial charge in [0.15, 0.2) is 0 Å². The minimum absolute atomic E-state index is 0.108. The highest BCUT2D eigenvalue weighted by atomic mass is 19.1. The van der Waals surface area contributed by atoms with Crippen LogP contribution in [0.25, 0.3) is 0 Å². The largest absolute Gasteiger partial charge is 0.392 e. The summed E-state index contributed by atoms with van der Waals surface area (Å²) in [7, 11) is 0. The van der Waals surface area contributed by atoms with Crippen molar-refractivity contribution in [1.29, 1.82) is 0 Å². The summed E-state index contributed by atoms with van der Waals surface area (Å²) < 4.78 is 13.5. The fourth-order valence-electron chi connectivity index (χ4n) is 2.91. The molecule has 1 aromatic carbocycles. The van der Waals surface area contributed by atoms with Crippen LogP contribution in [0.15, 0.2) is 18.2 Å². The smallest absolute Gasteiger partial charge is 0.125 e. The molecule has 0 spiro atoms. The number of aliphatic hydroxyl groups is 1. The number of nitrogens with zero attached hydrogens (tertiary/aromatic N) is 1. The Labute approximate surface area is 115 Å². The topological polar surface area (TPSA) is 23.5 Å². The van der Waals surface area contributed by atoms with Gasteiger partial charge in [0, 0.05) is 18.8 Å². The van der Waals surface area contributed by atoms with Gasteiger partial charge in [-0.2, -0.15) is 0 Å². The first-order valence-corrected chi connectivity index (χ1v) is 7.05. The van der Waals surface area contributed by atoms with Crippen molar-refractivity contribution in [2.24, 2.45) is 11.3 Å².